The third-order valence-electron chi connectivity index (χ3n) is 7.06. The second-order valence-electron chi connectivity index (χ2n) is 9.97. The number of hydrogen-bond acceptors (Lipinski definition) is 4. The molecule has 1 N–H and O–H groups in total. The van der Waals surface area contributed by atoms with Gasteiger partial charge in [0, 0.05) is 54.9 Å². The van der Waals surface area contributed by atoms with Crippen molar-refractivity contribution in [3.8, 4) is 11.1 Å². The maximum atomic E-state index is 13.6. The molecule has 3 heterocycles. The fraction of sp³-hybridized carbons (Fsp3) is 0.125. The minimum absolute atomic E-state index is 0.0921. The molecule has 0 aliphatic rings. The van der Waals surface area contributed by atoms with Gasteiger partial charge in [0.1, 0.15) is 17.2 Å². The van der Waals surface area contributed by atoms with E-state index in [1.807, 2.05) is 36.4 Å². The number of nitrogens with zero attached hydrogens (tertiary/aromatic N) is 4. The first-order valence-corrected chi connectivity index (χ1v) is 12.9. The molecular formula is C32H26FN5O2. The van der Waals surface area contributed by atoms with Crippen molar-refractivity contribution in [2.45, 2.75) is 13.3 Å². The summed E-state index contributed by atoms with van der Waals surface area (Å²) in [5.41, 5.74) is 6.82. The first kappa shape index (κ1) is 25.2. The Morgan fingerprint density at radius 3 is 2.52 bits per heavy atom. The minimum Gasteiger partial charge on any atom is -0.360 e. The quantitative estimate of drug-likeness (QED) is 0.262. The highest BCUT2D eigenvalue weighted by Gasteiger charge is 2.19. The molecule has 40 heavy (non-hydrogen) atoms. The number of rotatable bonds is 5. The summed E-state index contributed by atoms with van der Waals surface area (Å²) in [6, 6.07) is 21.3. The molecule has 0 saturated carbocycles. The molecule has 6 rings (SSSR count). The molecule has 7 nitrogen and oxygen atoms in total. The smallest absolute Gasteiger partial charge is 0.329 e. The number of carbonyl (C=O) groups excluding carboxylic acids is 2. The maximum absolute atomic E-state index is 13.6. The number of halogens is 1. The Labute approximate surface area is 229 Å². The van der Waals surface area contributed by atoms with Crippen LogP contribution in [0.15, 0.2) is 85.2 Å². The molecule has 0 atom stereocenters. The van der Waals surface area contributed by atoms with Gasteiger partial charge in [0.2, 0.25) is 0 Å². The number of fused-ring (bicyclic) bond motifs is 2. The van der Waals surface area contributed by atoms with Crippen molar-refractivity contribution < 1.29 is 14.0 Å². The van der Waals surface area contributed by atoms with Gasteiger partial charge in [-0.3, -0.25) is 9.78 Å². The Bertz CT molecular complexity index is 1920. The van der Waals surface area contributed by atoms with Gasteiger partial charge in [-0.05, 0) is 53.9 Å². The van der Waals surface area contributed by atoms with Gasteiger partial charge in [0.05, 0.1) is 11.2 Å². The van der Waals surface area contributed by atoms with Gasteiger partial charge in [0.15, 0.2) is 5.78 Å². The van der Waals surface area contributed by atoms with Crippen molar-refractivity contribution in [2.75, 3.05) is 14.1 Å². The first-order valence-electron chi connectivity index (χ1n) is 12.9. The minimum atomic E-state index is -0.281. The molecule has 6 aromatic rings. The third kappa shape index (κ3) is 4.43. The average Bonchev–Trinajstić information content (AvgIpc) is 3.53. The fourth-order valence-electron chi connectivity index (χ4n) is 5.05. The zero-order valence-electron chi connectivity index (χ0n) is 22.3. The number of imidazole rings is 1. The zero-order valence-corrected chi connectivity index (χ0v) is 22.3. The molecule has 3 aromatic carbocycles. The van der Waals surface area contributed by atoms with Gasteiger partial charge in [-0.2, -0.15) is 0 Å². The van der Waals surface area contributed by atoms with Crippen LogP contribution in [0.5, 0.6) is 0 Å². The van der Waals surface area contributed by atoms with Crippen LogP contribution < -0.4 is 0 Å². The van der Waals surface area contributed by atoms with E-state index in [4.69, 9.17) is 0 Å². The lowest BCUT2D eigenvalue weighted by molar-refractivity contribution is 0.104. The molecule has 0 bridgehead atoms. The van der Waals surface area contributed by atoms with Crippen molar-refractivity contribution in [3.05, 3.63) is 119 Å². The number of benzene rings is 3. The summed E-state index contributed by atoms with van der Waals surface area (Å²) in [6.45, 7) is 1.80. The summed E-state index contributed by atoms with van der Waals surface area (Å²) in [5.74, 6) is 0.218. The maximum Gasteiger partial charge on any atom is 0.329 e. The highest BCUT2D eigenvalue weighted by molar-refractivity contribution is 6.16. The molecule has 198 valence electrons. The topological polar surface area (TPSA) is 83.9 Å². The largest absolute Gasteiger partial charge is 0.360 e. The Hall–Kier alpha value is -5.11. The molecule has 3 aromatic heterocycles. The zero-order chi connectivity index (χ0) is 28.0. The molecule has 8 heteroatoms. The van der Waals surface area contributed by atoms with Crippen LogP contribution in [0, 0.1) is 12.7 Å². The summed E-state index contributed by atoms with van der Waals surface area (Å²) in [5, 5.41) is 0.819. The summed E-state index contributed by atoms with van der Waals surface area (Å²) in [7, 11) is 3.41. The molecular weight excluding hydrogens is 505 g/mol. The first-order chi connectivity index (χ1) is 19.3. The van der Waals surface area contributed by atoms with E-state index in [1.165, 1.54) is 17.0 Å². The predicted octanol–water partition coefficient (Wildman–Crippen LogP) is 6.38. The van der Waals surface area contributed by atoms with Gasteiger partial charge >= 0.3 is 6.03 Å². The van der Waals surface area contributed by atoms with Crippen molar-refractivity contribution in [3.63, 3.8) is 0 Å². The van der Waals surface area contributed by atoms with Crippen LogP contribution in [-0.4, -0.2) is 50.3 Å². The van der Waals surface area contributed by atoms with Gasteiger partial charge in [-0.25, -0.2) is 18.7 Å². The van der Waals surface area contributed by atoms with Crippen molar-refractivity contribution in [1.29, 1.82) is 0 Å². The number of aromatic amines is 1. The summed E-state index contributed by atoms with van der Waals surface area (Å²) in [6.07, 6.45) is 3.87. The number of pyridine rings is 1. The van der Waals surface area contributed by atoms with Crippen LogP contribution in [0.3, 0.4) is 0 Å². The Kier molecular flexibility index (Phi) is 6.23. The van der Waals surface area contributed by atoms with Gasteiger partial charge in [0.25, 0.3) is 0 Å². The molecule has 0 spiro atoms. The number of H-pyrrole nitrogens is 1. The van der Waals surface area contributed by atoms with Crippen LogP contribution in [0.25, 0.3) is 33.1 Å². The summed E-state index contributed by atoms with van der Waals surface area (Å²) in [4.78, 5) is 40.2. The Morgan fingerprint density at radius 1 is 0.975 bits per heavy atom. The van der Waals surface area contributed by atoms with E-state index >= 15 is 0 Å². The summed E-state index contributed by atoms with van der Waals surface area (Å²) < 4.78 is 14.9. The highest BCUT2D eigenvalue weighted by Crippen LogP contribution is 2.28. The molecule has 1 amide bonds. The number of hydrogen-bond donors (Lipinski definition) is 1. The van der Waals surface area contributed by atoms with Gasteiger partial charge in [-0.15, -0.1) is 0 Å². The second-order valence-corrected chi connectivity index (χ2v) is 9.97. The van der Waals surface area contributed by atoms with Crippen LogP contribution in [0.1, 0.15) is 33.0 Å². The van der Waals surface area contributed by atoms with E-state index in [0.29, 0.717) is 34.4 Å². The number of aromatic nitrogens is 4. The second kappa shape index (κ2) is 9.89. The van der Waals surface area contributed by atoms with E-state index in [9.17, 15) is 14.0 Å². The van der Waals surface area contributed by atoms with E-state index in [-0.39, 0.29) is 17.6 Å². The Morgan fingerprint density at radius 2 is 1.75 bits per heavy atom. The molecule has 0 aliphatic heterocycles. The fourth-order valence-corrected chi connectivity index (χ4v) is 5.05. The third-order valence-corrected chi connectivity index (χ3v) is 7.06. The van der Waals surface area contributed by atoms with E-state index in [1.54, 1.807) is 62.2 Å². The normalized spacial score (nSPS) is 11.3. The lowest BCUT2D eigenvalue weighted by Gasteiger charge is -2.12. The molecule has 0 saturated heterocycles. The summed E-state index contributed by atoms with van der Waals surface area (Å²) >= 11 is 0. The van der Waals surface area contributed by atoms with Crippen molar-refractivity contribution in [1.82, 2.24) is 24.4 Å². The molecule has 0 unspecified atom stereocenters. The van der Waals surface area contributed by atoms with Gasteiger partial charge in [-0.1, -0.05) is 42.5 Å². The number of ketones is 1. The van der Waals surface area contributed by atoms with Gasteiger partial charge < -0.3 is 9.88 Å². The van der Waals surface area contributed by atoms with Crippen molar-refractivity contribution >= 4 is 33.8 Å². The van der Waals surface area contributed by atoms with Crippen LogP contribution in [-0.2, 0) is 6.42 Å². The number of aryl methyl sites for hydroxylation is 1. The van der Waals surface area contributed by atoms with E-state index < -0.39 is 0 Å². The van der Waals surface area contributed by atoms with Crippen LogP contribution in [0.2, 0.25) is 0 Å². The lowest BCUT2D eigenvalue weighted by atomic mass is 9.98. The number of amides is 1. The lowest BCUT2D eigenvalue weighted by Crippen LogP contribution is -2.27. The predicted molar refractivity (Wildman–Crippen MR) is 153 cm³/mol. The van der Waals surface area contributed by atoms with Crippen LogP contribution >= 0.6 is 0 Å². The Balaban J connectivity index is 1.30. The SMILES string of the molecule is Cc1nc2c(Cc3cccc(C(=O)c4c[nH]c5cc(-c6ccc(F)cc6)ccc45)c3)nccc2n1C(=O)N(C)C. The monoisotopic (exact) mass is 531 g/mol. The number of carbonyl (C=O) groups is 2. The number of nitrogens with one attached hydrogen (secondary N) is 1. The molecule has 0 aliphatic carbocycles. The molecule has 0 fully saturated rings. The van der Waals surface area contributed by atoms with Crippen LogP contribution in [0.4, 0.5) is 9.18 Å². The average molecular weight is 532 g/mol. The highest BCUT2D eigenvalue weighted by atomic mass is 19.1. The van der Waals surface area contributed by atoms with Crippen molar-refractivity contribution in [2.24, 2.45) is 0 Å². The van der Waals surface area contributed by atoms with E-state index in [2.05, 4.69) is 15.0 Å². The van der Waals surface area contributed by atoms with E-state index in [0.717, 1.165) is 33.3 Å². The standard InChI is InChI=1S/C32H26FN5O2/c1-19-36-30-28(34-14-13-29(30)38(19)32(40)37(2)3)16-20-5-4-6-23(15-20)31(39)26-18-35-27-17-22(9-12-25(26)27)21-7-10-24(33)11-8-21/h4-15,17-18,35H,16H2,1-3H3. The molecule has 0 radical (unpaired) electrons.